The minimum atomic E-state index is -0.480. The summed E-state index contributed by atoms with van der Waals surface area (Å²) in [6, 6.07) is 13.4. The summed E-state index contributed by atoms with van der Waals surface area (Å²) in [5.41, 5.74) is 0.635. The van der Waals surface area contributed by atoms with E-state index in [-0.39, 0.29) is 12.0 Å². The van der Waals surface area contributed by atoms with Crippen LogP contribution < -0.4 is 4.74 Å². The lowest BCUT2D eigenvalue weighted by atomic mass is 9.91. The summed E-state index contributed by atoms with van der Waals surface area (Å²) in [4.78, 5) is 32.5. The van der Waals surface area contributed by atoms with Crippen molar-refractivity contribution in [3.8, 4) is 5.75 Å². The first-order valence-corrected chi connectivity index (χ1v) is 10.5. The largest absolute Gasteiger partial charge is 0.492 e. The first-order chi connectivity index (χ1) is 14.6. The number of aromatic nitrogens is 1. The average Bonchev–Trinajstić information content (AvgIpc) is 3.08. The molecule has 2 aliphatic rings. The van der Waals surface area contributed by atoms with Crippen LogP contribution in [0.15, 0.2) is 54.9 Å². The standard InChI is InChI=1S/C23H27N3O4/c27-21(7-6-19-8-12-24-13-9-19)25-14-10-23(11-15-25)18-26(22(28)30-23)16-17-29-20-4-2-1-3-5-20/h1-5,8-9,12-13H,6-7,10-11,14-18H2. The molecule has 1 aromatic heterocycles. The summed E-state index contributed by atoms with van der Waals surface area (Å²) < 4.78 is 11.4. The Bertz CT molecular complexity index is 851. The molecule has 0 unspecified atom stereocenters. The minimum Gasteiger partial charge on any atom is -0.492 e. The van der Waals surface area contributed by atoms with Gasteiger partial charge >= 0.3 is 6.09 Å². The Morgan fingerprint density at radius 1 is 1.10 bits per heavy atom. The van der Waals surface area contributed by atoms with Crippen LogP contribution in [0, 0.1) is 0 Å². The Morgan fingerprint density at radius 2 is 1.83 bits per heavy atom. The quantitative estimate of drug-likeness (QED) is 0.703. The van der Waals surface area contributed by atoms with Crippen molar-refractivity contribution in [2.75, 3.05) is 32.8 Å². The number of para-hydroxylation sites is 1. The van der Waals surface area contributed by atoms with E-state index in [1.54, 1.807) is 17.3 Å². The number of likely N-dealkylation sites (tertiary alicyclic amines) is 1. The molecular formula is C23H27N3O4. The minimum absolute atomic E-state index is 0.152. The van der Waals surface area contributed by atoms with E-state index in [0.717, 1.165) is 11.3 Å². The van der Waals surface area contributed by atoms with Crippen molar-refractivity contribution < 1.29 is 19.1 Å². The number of hydrogen-bond acceptors (Lipinski definition) is 5. The van der Waals surface area contributed by atoms with Gasteiger partial charge < -0.3 is 19.3 Å². The molecule has 0 saturated carbocycles. The van der Waals surface area contributed by atoms with Crippen LogP contribution in [0.3, 0.4) is 0 Å². The number of rotatable bonds is 7. The maximum absolute atomic E-state index is 12.6. The molecule has 1 aromatic carbocycles. The Balaban J connectivity index is 1.22. The molecule has 2 aromatic rings. The fourth-order valence-corrected chi connectivity index (χ4v) is 4.04. The van der Waals surface area contributed by atoms with Gasteiger partial charge in [0.2, 0.25) is 5.91 Å². The second-order valence-electron chi connectivity index (χ2n) is 7.87. The van der Waals surface area contributed by atoms with E-state index in [0.29, 0.717) is 58.5 Å². The van der Waals surface area contributed by atoms with Crippen LogP contribution in [0.4, 0.5) is 4.79 Å². The first kappa shape index (κ1) is 20.2. The van der Waals surface area contributed by atoms with Gasteiger partial charge in [-0.25, -0.2) is 4.79 Å². The van der Waals surface area contributed by atoms with Gasteiger partial charge in [0.1, 0.15) is 18.0 Å². The SMILES string of the molecule is O=C(CCc1ccncc1)N1CCC2(CC1)CN(CCOc1ccccc1)C(=O)O2. The molecule has 30 heavy (non-hydrogen) atoms. The molecule has 0 aliphatic carbocycles. The molecule has 158 valence electrons. The normalized spacial score (nSPS) is 17.8. The van der Waals surface area contributed by atoms with Crippen LogP contribution in [-0.4, -0.2) is 65.2 Å². The molecule has 2 fully saturated rings. The smallest absolute Gasteiger partial charge is 0.410 e. The highest BCUT2D eigenvalue weighted by Gasteiger charge is 2.47. The molecule has 2 saturated heterocycles. The van der Waals surface area contributed by atoms with E-state index < -0.39 is 5.60 Å². The second kappa shape index (κ2) is 9.15. The predicted octanol–water partition coefficient (Wildman–Crippen LogP) is 2.91. The molecule has 3 heterocycles. The zero-order valence-electron chi connectivity index (χ0n) is 17.0. The van der Waals surface area contributed by atoms with Gasteiger partial charge in [-0.15, -0.1) is 0 Å². The van der Waals surface area contributed by atoms with Gasteiger partial charge in [0.15, 0.2) is 0 Å². The van der Waals surface area contributed by atoms with Crippen LogP contribution in [0.25, 0.3) is 0 Å². The third-order valence-corrected chi connectivity index (χ3v) is 5.82. The maximum Gasteiger partial charge on any atom is 0.410 e. The number of aryl methyl sites for hydroxylation is 1. The molecule has 0 atom stereocenters. The van der Waals surface area contributed by atoms with Gasteiger partial charge in [-0.3, -0.25) is 9.78 Å². The molecule has 7 nitrogen and oxygen atoms in total. The van der Waals surface area contributed by atoms with Gasteiger partial charge in [0.05, 0.1) is 13.1 Å². The zero-order chi connectivity index (χ0) is 20.8. The third-order valence-electron chi connectivity index (χ3n) is 5.82. The third kappa shape index (κ3) is 4.90. The summed E-state index contributed by atoms with van der Waals surface area (Å²) in [7, 11) is 0. The number of nitrogens with zero attached hydrogens (tertiary/aromatic N) is 3. The van der Waals surface area contributed by atoms with E-state index >= 15 is 0 Å². The zero-order valence-corrected chi connectivity index (χ0v) is 17.0. The summed E-state index contributed by atoms with van der Waals surface area (Å²) in [6.07, 6.45) is 5.76. The van der Waals surface area contributed by atoms with Crippen LogP contribution >= 0.6 is 0 Å². The molecule has 4 rings (SSSR count). The van der Waals surface area contributed by atoms with Gasteiger partial charge in [-0.05, 0) is 36.2 Å². The van der Waals surface area contributed by atoms with Gasteiger partial charge in [-0.2, -0.15) is 0 Å². The number of pyridine rings is 1. The molecule has 0 bridgehead atoms. The van der Waals surface area contributed by atoms with Gasteiger partial charge in [-0.1, -0.05) is 18.2 Å². The van der Waals surface area contributed by atoms with Crippen LogP contribution in [0.5, 0.6) is 5.75 Å². The molecule has 2 aliphatic heterocycles. The number of piperidine rings is 1. The van der Waals surface area contributed by atoms with E-state index in [1.807, 2.05) is 47.4 Å². The van der Waals surface area contributed by atoms with Crippen molar-refractivity contribution in [1.82, 2.24) is 14.8 Å². The van der Waals surface area contributed by atoms with Crippen molar-refractivity contribution in [3.05, 3.63) is 60.4 Å². The van der Waals surface area contributed by atoms with Crippen molar-refractivity contribution in [2.24, 2.45) is 0 Å². The number of hydrogen-bond donors (Lipinski definition) is 0. The number of ether oxygens (including phenoxy) is 2. The fraction of sp³-hybridized carbons (Fsp3) is 0.435. The van der Waals surface area contributed by atoms with E-state index in [9.17, 15) is 9.59 Å². The highest BCUT2D eigenvalue weighted by molar-refractivity contribution is 5.76. The lowest BCUT2D eigenvalue weighted by molar-refractivity contribution is -0.134. The highest BCUT2D eigenvalue weighted by Crippen LogP contribution is 2.33. The first-order valence-electron chi connectivity index (χ1n) is 10.5. The molecule has 7 heteroatoms. The lowest BCUT2D eigenvalue weighted by Gasteiger charge is -2.37. The Kier molecular flexibility index (Phi) is 6.16. The number of amides is 2. The van der Waals surface area contributed by atoms with Crippen LogP contribution in [0.2, 0.25) is 0 Å². The molecule has 1 spiro atoms. The summed E-state index contributed by atoms with van der Waals surface area (Å²) in [6.45, 7) is 2.72. The fourth-order valence-electron chi connectivity index (χ4n) is 4.04. The van der Waals surface area contributed by atoms with Crippen LogP contribution in [-0.2, 0) is 16.0 Å². The van der Waals surface area contributed by atoms with E-state index in [1.165, 1.54) is 0 Å². The highest BCUT2D eigenvalue weighted by atomic mass is 16.6. The Hall–Kier alpha value is -3.09. The van der Waals surface area contributed by atoms with Gasteiger partial charge in [0.25, 0.3) is 0 Å². The van der Waals surface area contributed by atoms with Crippen molar-refractivity contribution in [3.63, 3.8) is 0 Å². The molecule has 0 radical (unpaired) electrons. The predicted molar refractivity (Wildman–Crippen MR) is 111 cm³/mol. The second-order valence-corrected chi connectivity index (χ2v) is 7.87. The number of benzene rings is 1. The topological polar surface area (TPSA) is 72.0 Å². The monoisotopic (exact) mass is 409 g/mol. The van der Waals surface area contributed by atoms with Crippen molar-refractivity contribution >= 4 is 12.0 Å². The number of carbonyl (C=O) groups excluding carboxylic acids is 2. The average molecular weight is 409 g/mol. The van der Waals surface area contributed by atoms with E-state index in [4.69, 9.17) is 9.47 Å². The Morgan fingerprint density at radius 3 is 2.57 bits per heavy atom. The van der Waals surface area contributed by atoms with Gasteiger partial charge in [0, 0.05) is 44.7 Å². The Labute approximate surface area is 176 Å². The summed E-state index contributed by atoms with van der Waals surface area (Å²) in [5.74, 6) is 0.942. The molecule has 2 amide bonds. The maximum atomic E-state index is 12.6. The molecular weight excluding hydrogens is 382 g/mol. The van der Waals surface area contributed by atoms with Crippen molar-refractivity contribution in [2.45, 2.75) is 31.3 Å². The van der Waals surface area contributed by atoms with E-state index in [2.05, 4.69) is 4.98 Å². The van der Waals surface area contributed by atoms with Crippen LogP contribution in [0.1, 0.15) is 24.8 Å². The summed E-state index contributed by atoms with van der Waals surface area (Å²) in [5, 5.41) is 0. The summed E-state index contributed by atoms with van der Waals surface area (Å²) >= 11 is 0. The lowest BCUT2D eigenvalue weighted by Crippen LogP contribution is -2.49. The number of carbonyl (C=O) groups is 2. The molecule has 0 N–H and O–H groups in total. The van der Waals surface area contributed by atoms with Crippen molar-refractivity contribution in [1.29, 1.82) is 0 Å².